The minimum atomic E-state index is -0.388. The van der Waals surface area contributed by atoms with Gasteiger partial charge in [0.25, 0.3) is 17.7 Å². The molecule has 1 saturated heterocycles. The van der Waals surface area contributed by atoms with Crippen LogP contribution in [0.25, 0.3) is 0 Å². The molecule has 0 atom stereocenters. The highest BCUT2D eigenvalue weighted by Gasteiger charge is 2.24. The molecule has 2 aromatic rings. The summed E-state index contributed by atoms with van der Waals surface area (Å²) in [5.41, 5.74) is 5.75. The van der Waals surface area contributed by atoms with Gasteiger partial charge in [0.1, 0.15) is 0 Å². The van der Waals surface area contributed by atoms with Crippen molar-refractivity contribution in [1.29, 1.82) is 0 Å². The number of hydrazine groups is 1. The Balaban J connectivity index is 1.42. The van der Waals surface area contributed by atoms with Gasteiger partial charge in [0.15, 0.2) is 0 Å². The predicted molar refractivity (Wildman–Crippen MR) is 114 cm³/mol. The van der Waals surface area contributed by atoms with Crippen LogP contribution < -0.4 is 10.9 Å². The molecule has 0 bridgehead atoms. The number of hydrogen-bond acceptors (Lipinski definition) is 4. The zero-order chi connectivity index (χ0) is 20.8. The third-order valence-corrected chi connectivity index (χ3v) is 5.41. The maximum atomic E-state index is 12.6. The second-order valence-electron chi connectivity index (χ2n) is 6.56. The summed E-state index contributed by atoms with van der Waals surface area (Å²) in [5, 5.41) is 0.431. The van der Waals surface area contributed by atoms with Crippen LogP contribution in [0, 0.1) is 0 Å². The summed E-state index contributed by atoms with van der Waals surface area (Å²) in [7, 11) is 0. The minimum absolute atomic E-state index is 0.110. The number of carbonyl (C=O) groups is 3. The summed E-state index contributed by atoms with van der Waals surface area (Å²) in [4.78, 5) is 40.4. The van der Waals surface area contributed by atoms with Crippen LogP contribution in [0.4, 0.5) is 0 Å². The van der Waals surface area contributed by atoms with Crippen molar-refractivity contribution in [3.05, 3.63) is 69.2 Å². The lowest BCUT2D eigenvalue weighted by molar-refractivity contribution is -0.123. The SMILES string of the molecule is O=C(CN1CCN(C(=O)c2ccccc2Cl)CC1)NNC(=O)c1ccc(Br)cc1. The van der Waals surface area contributed by atoms with E-state index < -0.39 is 0 Å². The molecule has 1 aliphatic heterocycles. The number of nitrogens with zero attached hydrogens (tertiary/aromatic N) is 2. The summed E-state index contributed by atoms with van der Waals surface area (Å²) in [5.74, 6) is -0.816. The Morgan fingerprint density at radius 2 is 1.59 bits per heavy atom. The Bertz CT molecular complexity index is 899. The van der Waals surface area contributed by atoms with Gasteiger partial charge in [-0.1, -0.05) is 39.7 Å². The predicted octanol–water partition coefficient (Wildman–Crippen LogP) is 2.32. The van der Waals surface area contributed by atoms with Gasteiger partial charge in [-0.3, -0.25) is 30.1 Å². The fourth-order valence-corrected chi connectivity index (χ4v) is 3.44. The van der Waals surface area contributed by atoms with Crippen LogP contribution in [0.5, 0.6) is 0 Å². The normalized spacial score (nSPS) is 14.3. The summed E-state index contributed by atoms with van der Waals surface area (Å²) < 4.78 is 0.866. The van der Waals surface area contributed by atoms with Gasteiger partial charge in [0, 0.05) is 36.2 Å². The molecular weight excluding hydrogens is 460 g/mol. The average Bonchev–Trinajstić information content (AvgIpc) is 2.73. The molecule has 9 heteroatoms. The van der Waals surface area contributed by atoms with Gasteiger partial charge >= 0.3 is 0 Å². The van der Waals surface area contributed by atoms with Crippen molar-refractivity contribution in [2.45, 2.75) is 0 Å². The van der Waals surface area contributed by atoms with E-state index in [0.29, 0.717) is 42.3 Å². The number of rotatable bonds is 4. The van der Waals surface area contributed by atoms with E-state index in [1.807, 2.05) is 4.90 Å². The lowest BCUT2D eigenvalue weighted by Crippen LogP contribution is -2.53. The molecule has 1 aliphatic rings. The lowest BCUT2D eigenvalue weighted by atomic mass is 10.2. The highest BCUT2D eigenvalue weighted by Crippen LogP contribution is 2.18. The van der Waals surface area contributed by atoms with Crippen molar-refractivity contribution in [2.24, 2.45) is 0 Å². The van der Waals surface area contributed by atoms with E-state index in [1.54, 1.807) is 53.4 Å². The van der Waals surface area contributed by atoms with E-state index in [4.69, 9.17) is 11.6 Å². The first kappa shape index (κ1) is 21.3. The molecule has 7 nitrogen and oxygen atoms in total. The number of benzene rings is 2. The van der Waals surface area contributed by atoms with E-state index in [2.05, 4.69) is 26.8 Å². The number of piperazine rings is 1. The maximum absolute atomic E-state index is 12.6. The number of amides is 3. The Morgan fingerprint density at radius 3 is 2.24 bits per heavy atom. The van der Waals surface area contributed by atoms with Crippen molar-refractivity contribution in [2.75, 3.05) is 32.7 Å². The zero-order valence-corrected chi connectivity index (χ0v) is 17.9. The standard InChI is InChI=1S/C20H20BrClN4O3/c21-15-7-5-14(6-8-15)19(28)24-23-18(27)13-25-9-11-26(12-10-25)20(29)16-3-1-2-4-17(16)22/h1-8H,9-13H2,(H,23,27)(H,24,28). The quantitative estimate of drug-likeness (QED) is 0.660. The molecule has 152 valence electrons. The summed E-state index contributed by atoms with van der Waals surface area (Å²) in [6.45, 7) is 2.26. The van der Waals surface area contributed by atoms with Gasteiger partial charge in [-0.25, -0.2) is 0 Å². The molecular formula is C20H20BrClN4O3. The highest BCUT2D eigenvalue weighted by atomic mass is 79.9. The van der Waals surface area contributed by atoms with Crippen molar-refractivity contribution >= 4 is 45.3 Å². The third kappa shape index (κ3) is 5.79. The van der Waals surface area contributed by atoms with Crippen molar-refractivity contribution in [3.63, 3.8) is 0 Å². The number of halogens is 2. The number of nitrogens with one attached hydrogen (secondary N) is 2. The van der Waals surface area contributed by atoms with E-state index in [9.17, 15) is 14.4 Å². The zero-order valence-electron chi connectivity index (χ0n) is 15.5. The molecule has 0 spiro atoms. The first-order chi connectivity index (χ1) is 13.9. The molecule has 0 saturated carbocycles. The molecule has 3 rings (SSSR count). The Morgan fingerprint density at radius 1 is 0.931 bits per heavy atom. The van der Waals surface area contributed by atoms with Gasteiger partial charge in [-0.15, -0.1) is 0 Å². The second kappa shape index (κ2) is 9.87. The molecule has 0 radical (unpaired) electrons. The smallest absolute Gasteiger partial charge is 0.269 e. The average molecular weight is 480 g/mol. The second-order valence-corrected chi connectivity index (χ2v) is 7.88. The van der Waals surface area contributed by atoms with Crippen LogP contribution in [-0.2, 0) is 4.79 Å². The largest absolute Gasteiger partial charge is 0.336 e. The first-order valence-corrected chi connectivity index (χ1v) is 10.2. The fourth-order valence-electron chi connectivity index (χ4n) is 2.96. The van der Waals surface area contributed by atoms with Crippen LogP contribution >= 0.6 is 27.5 Å². The topological polar surface area (TPSA) is 81.8 Å². The molecule has 0 aromatic heterocycles. The Hall–Kier alpha value is -2.42. The third-order valence-electron chi connectivity index (χ3n) is 4.55. The Kier molecular flexibility index (Phi) is 7.24. The van der Waals surface area contributed by atoms with E-state index in [1.165, 1.54) is 0 Å². The van der Waals surface area contributed by atoms with E-state index >= 15 is 0 Å². The molecule has 2 aromatic carbocycles. The molecule has 0 unspecified atom stereocenters. The molecule has 3 amide bonds. The van der Waals surface area contributed by atoms with Crippen LogP contribution in [0.15, 0.2) is 53.0 Å². The van der Waals surface area contributed by atoms with Crippen LogP contribution in [0.3, 0.4) is 0 Å². The van der Waals surface area contributed by atoms with Crippen LogP contribution in [0.2, 0.25) is 5.02 Å². The monoisotopic (exact) mass is 478 g/mol. The van der Waals surface area contributed by atoms with Crippen molar-refractivity contribution < 1.29 is 14.4 Å². The summed E-state index contributed by atoms with van der Waals surface area (Å²) in [6, 6.07) is 13.8. The fraction of sp³-hybridized carbons (Fsp3) is 0.250. The van der Waals surface area contributed by atoms with Crippen molar-refractivity contribution in [3.8, 4) is 0 Å². The summed E-state index contributed by atoms with van der Waals surface area (Å²) in [6.07, 6.45) is 0. The molecule has 2 N–H and O–H groups in total. The first-order valence-electron chi connectivity index (χ1n) is 9.05. The molecule has 1 fully saturated rings. The van der Waals surface area contributed by atoms with Crippen molar-refractivity contribution in [1.82, 2.24) is 20.7 Å². The minimum Gasteiger partial charge on any atom is -0.336 e. The Labute approximate surface area is 182 Å². The maximum Gasteiger partial charge on any atom is 0.269 e. The molecule has 29 heavy (non-hydrogen) atoms. The van der Waals surface area contributed by atoms with Crippen LogP contribution in [0.1, 0.15) is 20.7 Å². The lowest BCUT2D eigenvalue weighted by Gasteiger charge is -2.34. The molecule has 1 heterocycles. The van der Waals surface area contributed by atoms with Gasteiger partial charge in [-0.05, 0) is 36.4 Å². The molecule has 0 aliphatic carbocycles. The van der Waals surface area contributed by atoms with Gasteiger partial charge < -0.3 is 4.90 Å². The van der Waals surface area contributed by atoms with Gasteiger partial charge in [-0.2, -0.15) is 0 Å². The highest BCUT2D eigenvalue weighted by molar-refractivity contribution is 9.10. The van der Waals surface area contributed by atoms with E-state index in [0.717, 1.165) is 4.47 Å². The number of carbonyl (C=O) groups excluding carboxylic acids is 3. The number of hydrogen-bond donors (Lipinski definition) is 2. The summed E-state index contributed by atoms with van der Waals surface area (Å²) >= 11 is 9.40. The van der Waals surface area contributed by atoms with Gasteiger partial charge in [0.2, 0.25) is 0 Å². The van der Waals surface area contributed by atoms with Crippen LogP contribution in [-0.4, -0.2) is 60.2 Å². The van der Waals surface area contributed by atoms with E-state index in [-0.39, 0.29) is 24.3 Å². The van der Waals surface area contributed by atoms with Gasteiger partial charge in [0.05, 0.1) is 17.1 Å².